The zero-order valence-electron chi connectivity index (χ0n) is 13.1. The minimum Gasteiger partial charge on any atom is -0.465 e. The van der Waals surface area contributed by atoms with Gasteiger partial charge in [0.05, 0.1) is 29.1 Å². The first-order chi connectivity index (χ1) is 11.9. The molecule has 8 heteroatoms. The fourth-order valence-electron chi connectivity index (χ4n) is 1.94. The van der Waals surface area contributed by atoms with E-state index in [9.17, 15) is 9.59 Å². The lowest BCUT2D eigenvalue weighted by Crippen LogP contribution is -2.15. The number of esters is 1. The number of carbonyl (C=O) groups is 2. The third-order valence-corrected chi connectivity index (χ3v) is 5.07. The Balaban J connectivity index is 1.93. The molecule has 0 unspecified atom stereocenters. The summed E-state index contributed by atoms with van der Waals surface area (Å²) >= 11 is 19.4. The topological polar surface area (TPSA) is 55.4 Å². The van der Waals surface area contributed by atoms with E-state index in [2.05, 4.69) is 10.1 Å². The number of amides is 1. The van der Waals surface area contributed by atoms with Gasteiger partial charge in [0.15, 0.2) is 0 Å². The highest BCUT2D eigenvalue weighted by atomic mass is 35.5. The summed E-state index contributed by atoms with van der Waals surface area (Å²) in [5.74, 6) is 0.0369. The van der Waals surface area contributed by atoms with Crippen LogP contribution in [0.4, 0.5) is 5.69 Å². The average Bonchev–Trinajstić information content (AvgIpc) is 2.58. The van der Waals surface area contributed by atoms with Gasteiger partial charge in [0.25, 0.3) is 0 Å². The predicted molar refractivity (Wildman–Crippen MR) is 104 cm³/mol. The lowest BCUT2D eigenvalue weighted by molar-refractivity contribution is -0.113. The SMILES string of the molecule is COC(=O)c1ccc(Cl)c(NC(=O)CSCc2ccc(Cl)cc2Cl)c1. The van der Waals surface area contributed by atoms with Crippen LogP contribution in [0.1, 0.15) is 15.9 Å². The molecule has 0 aliphatic rings. The highest BCUT2D eigenvalue weighted by Gasteiger charge is 2.12. The van der Waals surface area contributed by atoms with Crippen LogP contribution in [0.25, 0.3) is 0 Å². The normalized spacial score (nSPS) is 10.4. The van der Waals surface area contributed by atoms with Crippen LogP contribution >= 0.6 is 46.6 Å². The first-order valence-electron chi connectivity index (χ1n) is 7.10. The Morgan fingerprint density at radius 1 is 1.08 bits per heavy atom. The molecule has 1 amide bonds. The quantitative estimate of drug-likeness (QED) is 0.646. The largest absolute Gasteiger partial charge is 0.465 e. The fraction of sp³-hybridized carbons (Fsp3) is 0.176. The molecule has 0 heterocycles. The van der Waals surface area contributed by atoms with Gasteiger partial charge in [-0.15, -0.1) is 11.8 Å². The van der Waals surface area contributed by atoms with Gasteiger partial charge in [-0.2, -0.15) is 0 Å². The number of benzene rings is 2. The molecule has 132 valence electrons. The number of ether oxygens (including phenoxy) is 1. The van der Waals surface area contributed by atoms with E-state index in [4.69, 9.17) is 34.8 Å². The molecule has 1 N–H and O–H groups in total. The number of carbonyl (C=O) groups excluding carboxylic acids is 2. The lowest BCUT2D eigenvalue weighted by atomic mass is 10.2. The van der Waals surface area contributed by atoms with Crippen molar-refractivity contribution in [3.63, 3.8) is 0 Å². The van der Waals surface area contributed by atoms with Crippen molar-refractivity contribution in [2.45, 2.75) is 5.75 Å². The Hall–Kier alpha value is -1.40. The van der Waals surface area contributed by atoms with Gasteiger partial charge < -0.3 is 10.1 Å². The van der Waals surface area contributed by atoms with Gasteiger partial charge >= 0.3 is 5.97 Å². The number of methoxy groups -OCH3 is 1. The molecule has 4 nitrogen and oxygen atoms in total. The molecule has 2 aromatic rings. The Morgan fingerprint density at radius 3 is 2.52 bits per heavy atom. The molecule has 0 saturated carbocycles. The third kappa shape index (κ3) is 5.82. The Labute approximate surface area is 164 Å². The average molecular weight is 419 g/mol. The van der Waals surface area contributed by atoms with E-state index in [1.807, 2.05) is 6.07 Å². The molecule has 0 aliphatic carbocycles. The summed E-state index contributed by atoms with van der Waals surface area (Å²) in [6.45, 7) is 0. The molecular formula is C17H14Cl3NO3S. The molecule has 0 spiro atoms. The van der Waals surface area contributed by atoms with Crippen LogP contribution in [0.15, 0.2) is 36.4 Å². The van der Waals surface area contributed by atoms with E-state index >= 15 is 0 Å². The molecule has 0 aromatic heterocycles. The molecule has 0 saturated heterocycles. The van der Waals surface area contributed by atoms with Gasteiger partial charge in [-0.25, -0.2) is 4.79 Å². The van der Waals surface area contributed by atoms with Crippen molar-refractivity contribution in [2.75, 3.05) is 18.2 Å². The minimum absolute atomic E-state index is 0.206. The van der Waals surface area contributed by atoms with Crippen LogP contribution in [0.3, 0.4) is 0 Å². The molecular weight excluding hydrogens is 405 g/mol. The monoisotopic (exact) mass is 417 g/mol. The van der Waals surface area contributed by atoms with E-state index in [-0.39, 0.29) is 11.7 Å². The maximum atomic E-state index is 12.1. The Bertz CT molecular complexity index is 799. The third-order valence-electron chi connectivity index (χ3n) is 3.17. The summed E-state index contributed by atoms with van der Waals surface area (Å²) in [5, 5.41) is 4.16. The van der Waals surface area contributed by atoms with Crippen LogP contribution in [-0.4, -0.2) is 24.7 Å². The van der Waals surface area contributed by atoms with Crippen molar-refractivity contribution in [3.8, 4) is 0 Å². The van der Waals surface area contributed by atoms with E-state index < -0.39 is 5.97 Å². The standard InChI is InChI=1S/C17H14Cl3NO3S/c1-24-17(23)10-3-5-13(19)15(6-10)21-16(22)9-25-8-11-2-4-12(18)7-14(11)20/h2-7H,8-9H2,1H3,(H,21,22). The van der Waals surface area contributed by atoms with Crippen molar-refractivity contribution >= 4 is 64.1 Å². The number of halogens is 3. The van der Waals surface area contributed by atoms with Crippen LogP contribution in [0.5, 0.6) is 0 Å². The van der Waals surface area contributed by atoms with Gasteiger partial charge in [-0.1, -0.05) is 40.9 Å². The predicted octanol–water partition coefficient (Wildman–Crippen LogP) is 5.31. The number of hydrogen-bond acceptors (Lipinski definition) is 4. The van der Waals surface area contributed by atoms with Crippen LogP contribution in [-0.2, 0) is 15.3 Å². The van der Waals surface area contributed by atoms with Crippen LogP contribution in [0.2, 0.25) is 15.1 Å². The Kier molecular flexibility index (Phi) is 7.44. The highest BCUT2D eigenvalue weighted by molar-refractivity contribution is 7.99. The maximum absolute atomic E-state index is 12.1. The van der Waals surface area contributed by atoms with Gasteiger partial charge in [-0.05, 0) is 35.9 Å². The van der Waals surface area contributed by atoms with E-state index in [0.29, 0.717) is 32.1 Å². The number of thioether (sulfide) groups is 1. The van der Waals surface area contributed by atoms with Crippen molar-refractivity contribution in [1.82, 2.24) is 0 Å². The molecule has 0 aliphatic heterocycles. The molecule has 0 fully saturated rings. The van der Waals surface area contributed by atoms with E-state index in [1.165, 1.54) is 37.1 Å². The molecule has 0 radical (unpaired) electrons. The second-order valence-corrected chi connectivity index (χ2v) is 7.20. The second kappa shape index (κ2) is 9.34. The van der Waals surface area contributed by atoms with Gasteiger partial charge in [0.2, 0.25) is 5.91 Å². The molecule has 0 atom stereocenters. The molecule has 25 heavy (non-hydrogen) atoms. The van der Waals surface area contributed by atoms with Gasteiger partial charge in [0.1, 0.15) is 0 Å². The van der Waals surface area contributed by atoms with Crippen molar-refractivity contribution in [1.29, 1.82) is 0 Å². The minimum atomic E-state index is -0.501. The Morgan fingerprint density at radius 2 is 1.84 bits per heavy atom. The van der Waals surface area contributed by atoms with E-state index in [0.717, 1.165) is 5.56 Å². The van der Waals surface area contributed by atoms with Crippen molar-refractivity contribution in [3.05, 3.63) is 62.6 Å². The zero-order chi connectivity index (χ0) is 18.4. The summed E-state index contributed by atoms with van der Waals surface area (Å²) in [7, 11) is 1.29. The van der Waals surface area contributed by atoms with Gasteiger partial charge in [0, 0.05) is 15.8 Å². The maximum Gasteiger partial charge on any atom is 0.337 e. The summed E-state index contributed by atoms with van der Waals surface area (Å²) < 4.78 is 4.65. The molecule has 2 rings (SSSR count). The fourth-order valence-corrected chi connectivity index (χ4v) is 3.50. The smallest absolute Gasteiger partial charge is 0.337 e. The number of hydrogen-bond donors (Lipinski definition) is 1. The number of anilines is 1. The zero-order valence-corrected chi connectivity index (χ0v) is 16.2. The summed E-state index contributed by atoms with van der Waals surface area (Å²) in [4.78, 5) is 23.6. The summed E-state index contributed by atoms with van der Waals surface area (Å²) in [5.41, 5.74) is 1.57. The van der Waals surface area contributed by atoms with Crippen LogP contribution < -0.4 is 5.32 Å². The van der Waals surface area contributed by atoms with Crippen molar-refractivity contribution < 1.29 is 14.3 Å². The first kappa shape index (κ1) is 19.9. The first-order valence-corrected chi connectivity index (χ1v) is 9.39. The van der Waals surface area contributed by atoms with Gasteiger partial charge in [-0.3, -0.25) is 4.79 Å². The van der Waals surface area contributed by atoms with Crippen LogP contribution in [0, 0.1) is 0 Å². The lowest BCUT2D eigenvalue weighted by Gasteiger charge is -2.09. The summed E-state index contributed by atoms with van der Waals surface area (Å²) in [6, 6.07) is 9.78. The molecule has 0 bridgehead atoms. The van der Waals surface area contributed by atoms with Crippen molar-refractivity contribution in [2.24, 2.45) is 0 Å². The molecule has 2 aromatic carbocycles. The summed E-state index contributed by atoms with van der Waals surface area (Å²) in [6.07, 6.45) is 0. The number of rotatable bonds is 6. The van der Waals surface area contributed by atoms with E-state index in [1.54, 1.807) is 12.1 Å². The second-order valence-electron chi connectivity index (χ2n) is 4.96. The number of nitrogens with one attached hydrogen (secondary N) is 1. The highest BCUT2D eigenvalue weighted by Crippen LogP contribution is 2.26.